The number of benzene rings is 1. The number of likely N-dealkylation sites (tertiary alicyclic amines) is 2. The molecule has 2 aliphatic heterocycles. The SMILES string of the molecule is Cc1cc(C(=O)N2CCC3(CC2)C[C@H]3C(=O)N2CCCC2)ccc1-n1cnnn1. The molecule has 0 radical (unpaired) electrons. The first-order valence-corrected chi connectivity index (χ1v) is 10.5. The highest BCUT2D eigenvalue weighted by Gasteiger charge is 2.59. The molecule has 0 unspecified atom stereocenters. The van der Waals surface area contributed by atoms with E-state index in [1.54, 1.807) is 11.0 Å². The minimum atomic E-state index is 0.0642. The van der Waals surface area contributed by atoms with Gasteiger partial charge in [0.1, 0.15) is 6.33 Å². The van der Waals surface area contributed by atoms with Gasteiger partial charge in [-0.15, -0.1) is 5.10 Å². The third-order valence-electron chi connectivity index (χ3n) is 6.99. The molecule has 1 atom stereocenters. The van der Waals surface area contributed by atoms with Crippen LogP contribution < -0.4 is 0 Å². The Hall–Kier alpha value is -2.77. The van der Waals surface area contributed by atoms with Crippen molar-refractivity contribution >= 4 is 11.8 Å². The van der Waals surface area contributed by atoms with Crippen LogP contribution in [0.2, 0.25) is 0 Å². The first-order chi connectivity index (χ1) is 14.1. The van der Waals surface area contributed by atoms with Crippen molar-refractivity contribution in [1.82, 2.24) is 30.0 Å². The van der Waals surface area contributed by atoms with Crippen LogP contribution in [0.1, 0.15) is 48.0 Å². The van der Waals surface area contributed by atoms with Gasteiger partial charge in [0.2, 0.25) is 5.91 Å². The van der Waals surface area contributed by atoms with E-state index in [-0.39, 0.29) is 17.2 Å². The molecule has 3 fully saturated rings. The molecule has 0 bridgehead atoms. The number of carbonyl (C=O) groups excluding carboxylic acids is 2. The predicted octanol–water partition coefficient (Wildman–Crippen LogP) is 1.84. The largest absolute Gasteiger partial charge is 0.342 e. The van der Waals surface area contributed by atoms with E-state index in [1.807, 2.05) is 34.9 Å². The van der Waals surface area contributed by atoms with Gasteiger partial charge in [0.25, 0.3) is 5.91 Å². The molecule has 2 aromatic rings. The summed E-state index contributed by atoms with van der Waals surface area (Å²) < 4.78 is 1.60. The Morgan fingerprint density at radius 2 is 1.83 bits per heavy atom. The molecule has 1 aromatic carbocycles. The third-order valence-corrected chi connectivity index (χ3v) is 6.99. The molecule has 29 heavy (non-hydrogen) atoms. The highest BCUT2D eigenvalue weighted by Crippen LogP contribution is 2.60. The standard InChI is InChI=1S/C21H26N6O2/c1-15-12-16(4-5-18(15)27-14-22-23-24-27)19(28)26-10-6-21(7-11-26)13-17(21)20(29)25-8-2-3-9-25/h4-5,12,14,17H,2-3,6-11,13H2,1H3/t17-/m0/s1. The molecule has 1 spiro atoms. The zero-order chi connectivity index (χ0) is 20.0. The second-order valence-electron chi connectivity index (χ2n) is 8.70. The fourth-order valence-electron chi connectivity index (χ4n) is 5.06. The smallest absolute Gasteiger partial charge is 0.253 e. The zero-order valence-corrected chi connectivity index (χ0v) is 16.8. The fraction of sp³-hybridized carbons (Fsp3) is 0.571. The highest BCUT2D eigenvalue weighted by atomic mass is 16.2. The first-order valence-electron chi connectivity index (χ1n) is 10.5. The lowest BCUT2D eigenvalue weighted by molar-refractivity contribution is -0.132. The lowest BCUT2D eigenvalue weighted by atomic mass is 9.90. The van der Waals surface area contributed by atoms with Gasteiger partial charge in [-0.25, -0.2) is 4.68 Å². The van der Waals surface area contributed by atoms with Gasteiger partial charge in [0.05, 0.1) is 5.69 Å². The number of nitrogens with zero attached hydrogens (tertiary/aromatic N) is 6. The molecule has 2 saturated heterocycles. The molecule has 5 rings (SSSR count). The van der Waals surface area contributed by atoms with Crippen molar-refractivity contribution in [3.05, 3.63) is 35.7 Å². The Bertz CT molecular complexity index is 927. The summed E-state index contributed by atoms with van der Waals surface area (Å²) >= 11 is 0. The van der Waals surface area contributed by atoms with E-state index in [0.29, 0.717) is 11.5 Å². The van der Waals surface area contributed by atoms with Crippen molar-refractivity contribution in [2.75, 3.05) is 26.2 Å². The Balaban J connectivity index is 1.22. The number of hydrogen-bond acceptors (Lipinski definition) is 5. The molecule has 0 N–H and O–H groups in total. The van der Waals surface area contributed by atoms with E-state index in [1.165, 1.54) is 0 Å². The van der Waals surface area contributed by atoms with Crippen LogP contribution >= 0.6 is 0 Å². The number of tetrazole rings is 1. The quantitative estimate of drug-likeness (QED) is 0.793. The Morgan fingerprint density at radius 3 is 2.48 bits per heavy atom. The monoisotopic (exact) mass is 394 g/mol. The minimum Gasteiger partial charge on any atom is -0.342 e. The third kappa shape index (κ3) is 3.20. The van der Waals surface area contributed by atoms with Crippen molar-refractivity contribution in [3.63, 3.8) is 0 Å². The van der Waals surface area contributed by atoms with Crippen LogP contribution in [0.25, 0.3) is 5.69 Å². The van der Waals surface area contributed by atoms with Gasteiger partial charge < -0.3 is 9.80 Å². The molecule has 1 saturated carbocycles. The summed E-state index contributed by atoms with van der Waals surface area (Å²) in [5.41, 5.74) is 2.66. The molecule has 1 aromatic heterocycles. The summed E-state index contributed by atoms with van der Waals surface area (Å²) in [6.45, 7) is 5.27. The molecular formula is C21H26N6O2. The van der Waals surface area contributed by atoms with Crippen LogP contribution in [0, 0.1) is 18.3 Å². The second kappa shape index (κ2) is 6.93. The van der Waals surface area contributed by atoms with Crippen molar-refractivity contribution in [2.45, 2.75) is 39.0 Å². The zero-order valence-electron chi connectivity index (χ0n) is 16.8. The number of amides is 2. The molecule has 3 heterocycles. The molecule has 8 nitrogen and oxygen atoms in total. The van der Waals surface area contributed by atoms with Crippen molar-refractivity contribution in [3.8, 4) is 5.69 Å². The fourth-order valence-corrected chi connectivity index (χ4v) is 5.06. The van der Waals surface area contributed by atoms with Gasteiger partial charge in [-0.1, -0.05) is 0 Å². The summed E-state index contributed by atoms with van der Waals surface area (Å²) in [6.07, 6.45) is 6.70. The maximum Gasteiger partial charge on any atom is 0.253 e. The van der Waals surface area contributed by atoms with E-state index in [2.05, 4.69) is 15.5 Å². The second-order valence-corrected chi connectivity index (χ2v) is 8.70. The minimum absolute atomic E-state index is 0.0642. The Kier molecular flexibility index (Phi) is 4.37. The van der Waals surface area contributed by atoms with Crippen LogP contribution in [-0.4, -0.2) is 68.0 Å². The summed E-state index contributed by atoms with van der Waals surface area (Å²) in [4.78, 5) is 29.7. The molecule has 1 aliphatic carbocycles. The van der Waals surface area contributed by atoms with E-state index in [0.717, 1.165) is 69.5 Å². The lowest BCUT2D eigenvalue weighted by Gasteiger charge is -2.33. The summed E-state index contributed by atoms with van der Waals surface area (Å²) in [7, 11) is 0. The number of carbonyl (C=O) groups is 2. The summed E-state index contributed by atoms with van der Waals surface area (Å²) in [5, 5.41) is 11.2. The van der Waals surface area contributed by atoms with Crippen LogP contribution in [0.3, 0.4) is 0 Å². The van der Waals surface area contributed by atoms with E-state index >= 15 is 0 Å². The Morgan fingerprint density at radius 1 is 1.07 bits per heavy atom. The van der Waals surface area contributed by atoms with Crippen LogP contribution in [-0.2, 0) is 4.79 Å². The number of piperidine rings is 1. The van der Waals surface area contributed by atoms with Crippen molar-refractivity contribution in [1.29, 1.82) is 0 Å². The first kappa shape index (κ1) is 18.3. The maximum atomic E-state index is 13.0. The van der Waals surface area contributed by atoms with Crippen molar-refractivity contribution < 1.29 is 9.59 Å². The van der Waals surface area contributed by atoms with Crippen LogP contribution in [0.15, 0.2) is 24.5 Å². The molecule has 152 valence electrons. The van der Waals surface area contributed by atoms with Gasteiger partial charge in [-0.05, 0) is 78.6 Å². The topological polar surface area (TPSA) is 84.2 Å². The van der Waals surface area contributed by atoms with E-state index < -0.39 is 0 Å². The molecule has 2 amide bonds. The van der Waals surface area contributed by atoms with Crippen LogP contribution in [0.4, 0.5) is 0 Å². The van der Waals surface area contributed by atoms with Gasteiger partial charge in [0.15, 0.2) is 0 Å². The summed E-state index contributed by atoms with van der Waals surface area (Å²) in [5.74, 6) is 0.612. The molecular weight excluding hydrogens is 368 g/mol. The van der Waals surface area contributed by atoms with Gasteiger partial charge >= 0.3 is 0 Å². The van der Waals surface area contributed by atoms with Gasteiger partial charge in [-0.3, -0.25) is 9.59 Å². The normalized spacial score (nSPS) is 22.9. The molecule has 3 aliphatic rings. The predicted molar refractivity (Wildman–Crippen MR) is 105 cm³/mol. The van der Waals surface area contributed by atoms with Crippen LogP contribution in [0.5, 0.6) is 0 Å². The number of aryl methyl sites for hydroxylation is 1. The van der Waals surface area contributed by atoms with Gasteiger partial charge in [0, 0.05) is 37.7 Å². The van der Waals surface area contributed by atoms with Gasteiger partial charge in [-0.2, -0.15) is 0 Å². The van der Waals surface area contributed by atoms with E-state index in [9.17, 15) is 9.59 Å². The maximum absolute atomic E-state index is 13.0. The molecule has 8 heteroatoms. The average molecular weight is 394 g/mol. The number of hydrogen-bond donors (Lipinski definition) is 0. The number of rotatable bonds is 3. The Labute approximate surface area is 169 Å². The number of aromatic nitrogens is 4. The highest BCUT2D eigenvalue weighted by molar-refractivity contribution is 5.95. The van der Waals surface area contributed by atoms with Crippen molar-refractivity contribution in [2.24, 2.45) is 11.3 Å². The summed E-state index contributed by atoms with van der Waals surface area (Å²) in [6, 6.07) is 5.63. The lowest BCUT2D eigenvalue weighted by Crippen LogP contribution is -2.41. The van der Waals surface area contributed by atoms with E-state index in [4.69, 9.17) is 0 Å². The average Bonchev–Trinajstić information content (AvgIpc) is 3.18.